The van der Waals surface area contributed by atoms with E-state index in [4.69, 9.17) is 4.74 Å². The van der Waals surface area contributed by atoms with Crippen LogP contribution >= 0.6 is 15.9 Å². The molecule has 0 spiro atoms. The number of hydrogen-bond acceptors (Lipinski definition) is 2. The van der Waals surface area contributed by atoms with Gasteiger partial charge in [-0.1, -0.05) is 22.9 Å². The first-order valence-corrected chi connectivity index (χ1v) is 7.06. The molecule has 2 nitrogen and oxygen atoms in total. The Hall–Kier alpha value is -0.540. The van der Waals surface area contributed by atoms with E-state index in [1.54, 1.807) is 0 Å². The van der Waals surface area contributed by atoms with Gasteiger partial charge in [0.15, 0.2) is 0 Å². The molecule has 1 atom stereocenters. The largest absolute Gasteiger partial charge is 0.491 e. The number of rotatable bonds is 7. The maximum absolute atomic E-state index is 5.88. The Kier molecular flexibility index (Phi) is 6.60. The first-order valence-electron chi connectivity index (χ1n) is 6.27. The van der Waals surface area contributed by atoms with E-state index in [-0.39, 0.29) is 6.10 Å². The van der Waals surface area contributed by atoms with Crippen LogP contribution < -0.4 is 10.1 Å². The summed E-state index contributed by atoms with van der Waals surface area (Å²) in [6.07, 6.45) is 2.52. The molecule has 1 rings (SSSR count). The predicted molar refractivity (Wildman–Crippen MR) is 76.7 cm³/mol. The van der Waals surface area contributed by atoms with Crippen LogP contribution in [0.1, 0.15) is 32.3 Å². The first-order chi connectivity index (χ1) is 8.13. The molecule has 3 heteroatoms. The van der Waals surface area contributed by atoms with Gasteiger partial charge in [-0.15, -0.1) is 0 Å². The van der Waals surface area contributed by atoms with Crippen LogP contribution in [0.5, 0.6) is 5.75 Å². The molecule has 0 amide bonds. The van der Waals surface area contributed by atoms with E-state index < -0.39 is 0 Å². The lowest BCUT2D eigenvalue weighted by molar-refractivity contribution is 0.207. The zero-order valence-corrected chi connectivity index (χ0v) is 12.5. The van der Waals surface area contributed by atoms with Gasteiger partial charge in [0.25, 0.3) is 0 Å². The van der Waals surface area contributed by atoms with E-state index in [1.807, 2.05) is 12.1 Å². The van der Waals surface area contributed by atoms with Crippen molar-refractivity contribution in [3.8, 4) is 5.75 Å². The van der Waals surface area contributed by atoms with Gasteiger partial charge >= 0.3 is 0 Å². The molecule has 0 aliphatic carbocycles. The molecule has 96 valence electrons. The molecule has 0 saturated heterocycles. The minimum Gasteiger partial charge on any atom is -0.491 e. The summed E-state index contributed by atoms with van der Waals surface area (Å²) in [5.41, 5.74) is 1.21. The lowest BCUT2D eigenvalue weighted by Gasteiger charge is -2.15. The van der Waals surface area contributed by atoms with Crippen molar-refractivity contribution in [1.29, 1.82) is 0 Å². The van der Waals surface area contributed by atoms with E-state index in [2.05, 4.69) is 48.1 Å². The van der Waals surface area contributed by atoms with Crippen LogP contribution in [-0.2, 0) is 0 Å². The van der Waals surface area contributed by atoms with Crippen molar-refractivity contribution in [2.45, 2.75) is 39.7 Å². The second kappa shape index (κ2) is 7.72. The summed E-state index contributed by atoms with van der Waals surface area (Å²) in [6.45, 7) is 8.45. The molecule has 1 N–H and O–H groups in total. The number of benzene rings is 1. The van der Waals surface area contributed by atoms with Gasteiger partial charge in [-0.25, -0.2) is 0 Å². The van der Waals surface area contributed by atoms with Crippen LogP contribution in [-0.4, -0.2) is 19.2 Å². The van der Waals surface area contributed by atoms with Crippen molar-refractivity contribution in [2.24, 2.45) is 0 Å². The monoisotopic (exact) mass is 299 g/mol. The first kappa shape index (κ1) is 14.5. The summed E-state index contributed by atoms with van der Waals surface area (Å²) in [6, 6.07) is 6.12. The normalized spacial score (nSPS) is 12.5. The molecule has 0 aromatic heterocycles. The summed E-state index contributed by atoms with van der Waals surface area (Å²) in [7, 11) is 0. The molecule has 1 aromatic rings. The fourth-order valence-electron chi connectivity index (χ4n) is 1.67. The Balaban J connectivity index is 2.34. The highest BCUT2D eigenvalue weighted by atomic mass is 79.9. The van der Waals surface area contributed by atoms with Crippen molar-refractivity contribution in [1.82, 2.24) is 5.32 Å². The summed E-state index contributed by atoms with van der Waals surface area (Å²) in [5.74, 6) is 0.960. The number of halogens is 1. The van der Waals surface area contributed by atoms with Gasteiger partial charge in [0.1, 0.15) is 5.75 Å². The minimum absolute atomic E-state index is 0.272. The SMILES string of the molecule is CCNCCCC(C)Oc1ccc(Br)c(C)c1. The van der Waals surface area contributed by atoms with Crippen LogP contribution in [0.3, 0.4) is 0 Å². The molecule has 0 heterocycles. The fraction of sp³-hybridized carbons (Fsp3) is 0.571. The van der Waals surface area contributed by atoms with E-state index in [0.717, 1.165) is 36.2 Å². The van der Waals surface area contributed by atoms with Gasteiger partial charge in [-0.05, 0) is 63.5 Å². The van der Waals surface area contributed by atoms with Crippen molar-refractivity contribution >= 4 is 15.9 Å². The Morgan fingerprint density at radius 1 is 1.41 bits per heavy atom. The van der Waals surface area contributed by atoms with Gasteiger partial charge in [-0.3, -0.25) is 0 Å². The van der Waals surface area contributed by atoms with Crippen LogP contribution in [0.15, 0.2) is 22.7 Å². The molecule has 0 aliphatic heterocycles. The maximum Gasteiger partial charge on any atom is 0.120 e. The van der Waals surface area contributed by atoms with Gasteiger partial charge in [0.05, 0.1) is 6.10 Å². The zero-order valence-electron chi connectivity index (χ0n) is 10.9. The lowest BCUT2D eigenvalue weighted by Crippen LogP contribution is -2.18. The summed E-state index contributed by atoms with van der Waals surface area (Å²) >= 11 is 3.49. The minimum atomic E-state index is 0.272. The molecular weight excluding hydrogens is 278 g/mol. The molecular formula is C14H22BrNO. The van der Waals surface area contributed by atoms with Crippen molar-refractivity contribution < 1.29 is 4.74 Å². The van der Waals surface area contributed by atoms with Gasteiger partial charge in [-0.2, -0.15) is 0 Å². The Bertz CT molecular complexity index is 341. The van der Waals surface area contributed by atoms with Gasteiger partial charge in [0.2, 0.25) is 0 Å². The molecule has 1 unspecified atom stereocenters. The molecule has 17 heavy (non-hydrogen) atoms. The second-order valence-corrected chi connectivity index (χ2v) is 5.19. The van der Waals surface area contributed by atoms with Crippen LogP contribution in [0.4, 0.5) is 0 Å². The Labute approximate surface area is 113 Å². The van der Waals surface area contributed by atoms with Crippen LogP contribution in [0.25, 0.3) is 0 Å². The molecule has 0 bridgehead atoms. The van der Waals surface area contributed by atoms with Crippen molar-refractivity contribution in [3.63, 3.8) is 0 Å². The van der Waals surface area contributed by atoms with Crippen molar-refractivity contribution in [3.05, 3.63) is 28.2 Å². The number of nitrogens with one attached hydrogen (secondary N) is 1. The maximum atomic E-state index is 5.88. The van der Waals surface area contributed by atoms with Gasteiger partial charge < -0.3 is 10.1 Å². The fourth-order valence-corrected chi connectivity index (χ4v) is 1.92. The molecule has 0 aliphatic rings. The van der Waals surface area contributed by atoms with E-state index in [9.17, 15) is 0 Å². The summed E-state index contributed by atoms with van der Waals surface area (Å²) in [5, 5.41) is 3.32. The third-order valence-electron chi connectivity index (χ3n) is 2.68. The average Bonchev–Trinajstić information content (AvgIpc) is 2.30. The summed E-state index contributed by atoms with van der Waals surface area (Å²) in [4.78, 5) is 0. The highest BCUT2D eigenvalue weighted by molar-refractivity contribution is 9.10. The van der Waals surface area contributed by atoms with E-state index >= 15 is 0 Å². The lowest BCUT2D eigenvalue weighted by atomic mass is 10.2. The molecule has 1 aromatic carbocycles. The Morgan fingerprint density at radius 2 is 2.18 bits per heavy atom. The predicted octanol–water partition coefficient (Wildman–Crippen LogP) is 3.91. The molecule has 0 fully saturated rings. The van der Waals surface area contributed by atoms with Crippen molar-refractivity contribution in [2.75, 3.05) is 13.1 Å². The average molecular weight is 300 g/mol. The highest BCUT2D eigenvalue weighted by Crippen LogP contribution is 2.22. The zero-order chi connectivity index (χ0) is 12.7. The van der Waals surface area contributed by atoms with E-state index in [0.29, 0.717) is 0 Å². The number of hydrogen-bond donors (Lipinski definition) is 1. The standard InChI is InChI=1S/C14H22BrNO/c1-4-16-9-5-6-12(3)17-13-7-8-14(15)11(2)10-13/h7-8,10,12,16H,4-6,9H2,1-3H3. The van der Waals surface area contributed by atoms with Crippen LogP contribution in [0.2, 0.25) is 0 Å². The summed E-state index contributed by atoms with van der Waals surface area (Å²) < 4.78 is 7.01. The van der Waals surface area contributed by atoms with Gasteiger partial charge in [0, 0.05) is 4.47 Å². The second-order valence-electron chi connectivity index (χ2n) is 4.34. The van der Waals surface area contributed by atoms with E-state index in [1.165, 1.54) is 5.56 Å². The smallest absolute Gasteiger partial charge is 0.120 e. The number of ether oxygens (including phenoxy) is 1. The Morgan fingerprint density at radius 3 is 2.82 bits per heavy atom. The molecule has 0 radical (unpaired) electrons. The van der Waals surface area contributed by atoms with Crippen LogP contribution in [0, 0.1) is 6.92 Å². The number of aryl methyl sites for hydroxylation is 1. The molecule has 0 saturated carbocycles. The topological polar surface area (TPSA) is 21.3 Å². The third-order valence-corrected chi connectivity index (χ3v) is 3.57. The highest BCUT2D eigenvalue weighted by Gasteiger charge is 2.04. The quantitative estimate of drug-likeness (QED) is 0.771. The third kappa shape index (κ3) is 5.55.